The van der Waals surface area contributed by atoms with E-state index in [0.29, 0.717) is 14.5 Å². The molecule has 0 spiro atoms. The summed E-state index contributed by atoms with van der Waals surface area (Å²) >= 11 is 0.357. The number of ether oxygens (including phenoxy) is 1. The maximum atomic E-state index is 5.80. The molecule has 1 aliphatic rings. The summed E-state index contributed by atoms with van der Waals surface area (Å²) in [5, 5.41) is 0. The molecule has 0 atom stereocenters. The number of anilines is 1. The SMILES string of the molecule is CCOC(C)(C)c1cnc(N2CCCCC2)[se]1. The molecule has 1 aromatic heterocycles. The van der Waals surface area contributed by atoms with Crippen molar-refractivity contribution in [3.8, 4) is 0 Å². The third kappa shape index (κ3) is 3.12. The zero-order valence-corrected chi connectivity index (χ0v) is 12.7. The fraction of sp³-hybridized carbons (Fsp3) is 0.769. The van der Waals surface area contributed by atoms with Crippen LogP contribution in [0.5, 0.6) is 0 Å². The molecule has 1 fully saturated rings. The van der Waals surface area contributed by atoms with Gasteiger partial charge in [0.15, 0.2) is 0 Å². The molecule has 1 saturated heterocycles. The molecular weight excluding hydrogens is 279 g/mol. The van der Waals surface area contributed by atoms with Crippen LogP contribution >= 0.6 is 0 Å². The zero-order valence-electron chi connectivity index (χ0n) is 11.0. The van der Waals surface area contributed by atoms with Gasteiger partial charge in [-0.25, -0.2) is 0 Å². The van der Waals surface area contributed by atoms with Crippen LogP contribution < -0.4 is 4.90 Å². The molecule has 0 N–H and O–H groups in total. The Morgan fingerprint density at radius 2 is 2.06 bits per heavy atom. The Morgan fingerprint density at radius 3 is 2.71 bits per heavy atom. The van der Waals surface area contributed by atoms with Crippen LogP contribution in [0.15, 0.2) is 6.20 Å². The predicted molar refractivity (Wildman–Crippen MR) is 71.9 cm³/mol. The van der Waals surface area contributed by atoms with Gasteiger partial charge in [-0.15, -0.1) is 0 Å². The van der Waals surface area contributed by atoms with Crippen molar-refractivity contribution < 1.29 is 4.74 Å². The predicted octanol–water partition coefficient (Wildman–Crippen LogP) is 2.40. The van der Waals surface area contributed by atoms with Crippen molar-refractivity contribution in [1.29, 1.82) is 0 Å². The summed E-state index contributed by atoms with van der Waals surface area (Å²) in [6, 6.07) is 0. The Morgan fingerprint density at radius 1 is 1.35 bits per heavy atom. The van der Waals surface area contributed by atoms with E-state index < -0.39 is 0 Å². The van der Waals surface area contributed by atoms with Crippen LogP contribution in [-0.4, -0.2) is 39.2 Å². The molecule has 1 aromatic rings. The number of rotatable bonds is 4. The molecule has 0 saturated carbocycles. The number of piperidine rings is 1. The summed E-state index contributed by atoms with van der Waals surface area (Å²) in [6.07, 6.45) is 6.06. The van der Waals surface area contributed by atoms with Crippen molar-refractivity contribution in [2.75, 3.05) is 24.6 Å². The minimum absolute atomic E-state index is 0.143. The third-order valence-corrected chi connectivity index (χ3v) is 6.08. The molecular formula is C13H22N2OSe. The van der Waals surface area contributed by atoms with E-state index in [2.05, 4.69) is 30.7 Å². The summed E-state index contributed by atoms with van der Waals surface area (Å²) in [7, 11) is 0. The van der Waals surface area contributed by atoms with E-state index in [-0.39, 0.29) is 5.60 Å². The van der Waals surface area contributed by atoms with Crippen LogP contribution in [0.3, 0.4) is 0 Å². The van der Waals surface area contributed by atoms with Gasteiger partial charge in [-0.3, -0.25) is 0 Å². The average Bonchev–Trinajstić information content (AvgIpc) is 2.80. The van der Waals surface area contributed by atoms with E-state index in [9.17, 15) is 0 Å². The minimum atomic E-state index is -0.143. The number of nitrogens with zero attached hydrogens (tertiary/aromatic N) is 2. The van der Waals surface area contributed by atoms with E-state index >= 15 is 0 Å². The number of aromatic nitrogens is 1. The first-order chi connectivity index (χ1) is 8.13. The van der Waals surface area contributed by atoms with Gasteiger partial charge in [0.1, 0.15) is 0 Å². The molecule has 0 aromatic carbocycles. The van der Waals surface area contributed by atoms with Crippen molar-refractivity contribution >= 4 is 19.2 Å². The monoisotopic (exact) mass is 302 g/mol. The van der Waals surface area contributed by atoms with E-state index in [4.69, 9.17) is 4.74 Å². The molecule has 96 valence electrons. The molecule has 0 bridgehead atoms. The zero-order chi connectivity index (χ0) is 12.3. The van der Waals surface area contributed by atoms with Gasteiger partial charge in [0.05, 0.1) is 0 Å². The third-order valence-electron chi connectivity index (χ3n) is 3.22. The number of hydrogen-bond donors (Lipinski definition) is 0. The molecule has 0 radical (unpaired) electrons. The molecule has 2 heterocycles. The summed E-state index contributed by atoms with van der Waals surface area (Å²) in [5.74, 6) is 0. The van der Waals surface area contributed by atoms with Crippen molar-refractivity contribution in [1.82, 2.24) is 4.98 Å². The van der Waals surface area contributed by atoms with E-state index in [1.807, 2.05) is 6.20 Å². The molecule has 0 unspecified atom stereocenters. The van der Waals surface area contributed by atoms with Crippen molar-refractivity contribution in [3.05, 3.63) is 10.6 Å². The molecule has 1 aliphatic heterocycles. The molecule has 2 rings (SSSR count). The summed E-state index contributed by atoms with van der Waals surface area (Å²) in [5.41, 5.74) is -0.143. The van der Waals surface area contributed by atoms with E-state index in [0.717, 1.165) is 6.61 Å². The standard InChI is InChI=1S/C13H22N2OSe/c1-4-16-13(2,3)11-10-14-12(17-11)15-8-6-5-7-9-15/h10H,4-9H2,1-3H3. The Labute approximate surface area is 110 Å². The van der Waals surface area contributed by atoms with Crippen LogP contribution in [0.1, 0.15) is 44.5 Å². The van der Waals surface area contributed by atoms with Crippen LogP contribution in [0.4, 0.5) is 4.69 Å². The van der Waals surface area contributed by atoms with E-state index in [1.54, 1.807) is 0 Å². The van der Waals surface area contributed by atoms with Crippen LogP contribution in [0.25, 0.3) is 0 Å². The first kappa shape index (κ1) is 13.1. The molecule has 0 aliphatic carbocycles. The van der Waals surface area contributed by atoms with Gasteiger partial charge in [-0.2, -0.15) is 0 Å². The summed E-state index contributed by atoms with van der Waals surface area (Å²) < 4.78 is 8.48. The normalized spacial score (nSPS) is 17.5. The second kappa shape index (κ2) is 5.55. The van der Waals surface area contributed by atoms with Gasteiger partial charge in [-0.1, -0.05) is 0 Å². The maximum absolute atomic E-state index is 5.80. The van der Waals surface area contributed by atoms with Crippen molar-refractivity contribution in [3.63, 3.8) is 0 Å². The Hall–Kier alpha value is -0.311. The Balaban J connectivity index is 2.09. The quantitative estimate of drug-likeness (QED) is 0.799. The second-order valence-electron chi connectivity index (χ2n) is 5.00. The fourth-order valence-corrected chi connectivity index (χ4v) is 4.35. The van der Waals surface area contributed by atoms with Gasteiger partial charge in [0.25, 0.3) is 0 Å². The number of hydrogen-bond acceptors (Lipinski definition) is 3. The van der Waals surface area contributed by atoms with Gasteiger partial charge in [-0.05, 0) is 0 Å². The average molecular weight is 301 g/mol. The van der Waals surface area contributed by atoms with Crippen molar-refractivity contribution in [2.45, 2.75) is 45.6 Å². The molecule has 0 amide bonds. The van der Waals surface area contributed by atoms with E-state index in [1.165, 1.54) is 41.5 Å². The Bertz CT molecular complexity index is 356. The van der Waals surface area contributed by atoms with Gasteiger partial charge in [0, 0.05) is 0 Å². The van der Waals surface area contributed by atoms with Crippen LogP contribution in [0.2, 0.25) is 0 Å². The van der Waals surface area contributed by atoms with Crippen LogP contribution in [0, 0.1) is 0 Å². The molecule has 4 heteroatoms. The Kier molecular flexibility index (Phi) is 4.29. The van der Waals surface area contributed by atoms with Crippen molar-refractivity contribution in [2.24, 2.45) is 0 Å². The topological polar surface area (TPSA) is 25.4 Å². The second-order valence-corrected chi connectivity index (χ2v) is 7.12. The van der Waals surface area contributed by atoms with Gasteiger partial charge >= 0.3 is 110 Å². The fourth-order valence-electron chi connectivity index (χ4n) is 2.21. The first-order valence-corrected chi connectivity index (χ1v) is 8.20. The summed E-state index contributed by atoms with van der Waals surface area (Å²) in [4.78, 5) is 7.08. The van der Waals surface area contributed by atoms with Gasteiger partial charge in [0.2, 0.25) is 0 Å². The first-order valence-electron chi connectivity index (χ1n) is 6.48. The van der Waals surface area contributed by atoms with Gasteiger partial charge < -0.3 is 0 Å². The van der Waals surface area contributed by atoms with Crippen LogP contribution in [-0.2, 0) is 10.3 Å². The molecule has 3 nitrogen and oxygen atoms in total. The molecule has 17 heavy (non-hydrogen) atoms. The summed E-state index contributed by atoms with van der Waals surface area (Å²) in [6.45, 7) is 9.50.